The van der Waals surface area contributed by atoms with E-state index >= 15 is 0 Å². The maximum absolute atomic E-state index is 13.4. The van der Waals surface area contributed by atoms with Crippen LogP contribution >= 0.6 is 11.6 Å². The lowest BCUT2D eigenvalue weighted by Gasteiger charge is -2.09. The molecule has 2 heterocycles. The number of rotatable bonds is 4. The molecule has 8 heteroatoms. The zero-order valence-electron chi connectivity index (χ0n) is 14.4. The standard InChI is InChI=1S/C19H16ClFN6/c1-27-17(22)15-16(13-7-2-3-8-14(13)20)24-19(25-18(15)26-27)23-10-11-5-4-6-12(21)9-11/h2-9H,10,22H2,1H3,(H,23,25,26). The molecule has 0 spiro atoms. The lowest BCUT2D eigenvalue weighted by molar-refractivity contribution is 0.626. The number of halogens is 2. The van der Waals surface area contributed by atoms with Crippen molar-refractivity contribution in [3.05, 3.63) is 64.9 Å². The molecule has 2 aromatic carbocycles. The van der Waals surface area contributed by atoms with E-state index < -0.39 is 0 Å². The molecule has 0 aliphatic rings. The van der Waals surface area contributed by atoms with Gasteiger partial charge in [0, 0.05) is 24.2 Å². The van der Waals surface area contributed by atoms with Crippen LogP contribution in [0.1, 0.15) is 5.56 Å². The summed E-state index contributed by atoms with van der Waals surface area (Å²) < 4.78 is 14.9. The van der Waals surface area contributed by atoms with Crippen LogP contribution in [-0.4, -0.2) is 19.7 Å². The molecule has 2 aromatic heterocycles. The predicted octanol–water partition coefficient (Wildman–Crippen LogP) is 4.02. The topological polar surface area (TPSA) is 81.7 Å². The third-order valence-electron chi connectivity index (χ3n) is 4.21. The molecular weight excluding hydrogens is 367 g/mol. The summed E-state index contributed by atoms with van der Waals surface area (Å²) >= 11 is 6.37. The van der Waals surface area contributed by atoms with Crippen molar-refractivity contribution in [1.82, 2.24) is 19.7 Å². The van der Waals surface area contributed by atoms with E-state index in [2.05, 4.69) is 20.4 Å². The van der Waals surface area contributed by atoms with E-state index in [1.807, 2.05) is 24.3 Å². The summed E-state index contributed by atoms with van der Waals surface area (Å²) in [5, 5.41) is 8.67. The minimum absolute atomic E-state index is 0.292. The smallest absolute Gasteiger partial charge is 0.225 e. The molecule has 4 aromatic rings. The lowest BCUT2D eigenvalue weighted by atomic mass is 10.1. The van der Waals surface area contributed by atoms with Crippen LogP contribution in [0.3, 0.4) is 0 Å². The SMILES string of the molecule is Cn1nc2nc(NCc3cccc(F)c3)nc(-c3ccccc3Cl)c2c1N. The van der Waals surface area contributed by atoms with Gasteiger partial charge in [0.1, 0.15) is 11.6 Å². The number of nitrogens with two attached hydrogens (primary N) is 1. The Bertz CT molecular complexity index is 1140. The Balaban J connectivity index is 1.80. The molecule has 0 atom stereocenters. The minimum atomic E-state index is -0.292. The Morgan fingerprint density at radius 3 is 2.74 bits per heavy atom. The number of fused-ring (bicyclic) bond motifs is 1. The molecule has 6 nitrogen and oxygen atoms in total. The Kier molecular flexibility index (Phi) is 4.37. The number of aryl methyl sites for hydroxylation is 1. The first-order chi connectivity index (χ1) is 13.0. The first-order valence-electron chi connectivity index (χ1n) is 8.26. The fraction of sp³-hybridized carbons (Fsp3) is 0.105. The van der Waals surface area contributed by atoms with E-state index in [0.29, 0.717) is 40.1 Å². The summed E-state index contributed by atoms with van der Waals surface area (Å²) in [7, 11) is 1.74. The quantitative estimate of drug-likeness (QED) is 0.557. The molecular formula is C19H16ClFN6. The highest BCUT2D eigenvalue weighted by Gasteiger charge is 2.18. The molecule has 0 aliphatic carbocycles. The number of benzene rings is 2. The molecule has 0 aliphatic heterocycles. The molecule has 0 fully saturated rings. The predicted molar refractivity (Wildman–Crippen MR) is 105 cm³/mol. The van der Waals surface area contributed by atoms with Crippen molar-refractivity contribution in [3.8, 4) is 11.3 Å². The van der Waals surface area contributed by atoms with Crippen molar-refractivity contribution < 1.29 is 4.39 Å². The van der Waals surface area contributed by atoms with Gasteiger partial charge in [-0.2, -0.15) is 10.1 Å². The highest BCUT2D eigenvalue weighted by atomic mass is 35.5. The van der Waals surface area contributed by atoms with Crippen molar-refractivity contribution >= 4 is 34.4 Å². The van der Waals surface area contributed by atoms with Crippen LogP contribution in [0.15, 0.2) is 48.5 Å². The van der Waals surface area contributed by atoms with Crippen molar-refractivity contribution in [2.45, 2.75) is 6.54 Å². The van der Waals surface area contributed by atoms with Gasteiger partial charge in [-0.05, 0) is 23.8 Å². The second-order valence-electron chi connectivity index (χ2n) is 6.07. The summed E-state index contributed by atoms with van der Waals surface area (Å²) in [6.45, 7) is 0.369. The van der Waals surface area contributed by atoms with E-state index in [4.69, 9.17) is 17.3 Å². The third-order valence-corrected chi connectivity index (χ3v) is 4.54. The molecule has 4 rings (SSSR count). The van der Waals surface area contributed by atoms with Crippen molar-refractivity contribution in [2.24, 2.45) is 7.05 Å². The Labute approximate surface area is 159 Å². The van der Waals surface area contributed by atoms with Gasteiger partial charge in [0.2, 0.25) is 5.95 Å². The fourth-order valence-corrected chi connectivity index (χ4v) is 3.10. The average molecular weight is 383 g/mol. The minimum Gasteiger partial charge on any atom is -0.383 e. The Hall–Kier alpha value is -3.19. The Morgan fingerprint density at radius 1 is 1.15 bits per heavy atom. The first-order valence-corrected chi connectivity index (χ1v) is 8.64. The summed E-state index contributed by atoms with van der Waals surface area (Å²) in [6.07, 6.45) is 0. The normalized spacial score (nSPS) is 11.1. The molecule has 0 unspecified atom stereocenters. The molecule has 0 bridgehead atoms. The average Bonchev–Trinajstić information content (AvgIpc) is 2.94. The van der Waals surface area contributed by atoms with E-state index in [0.717, 1.165) is 11.1 Å². The second-order valence-corrected chi connectivity index (χ2v) is 6.47. The maximum atomic E-state index is 13.4. The van der Waals surface area contributed by atoms with Gasteiger partial charge in [0.25, 0.3) is 0 Å². The highest BCUT2D eigenvalue weighted by Crippen LogP contribution is 2.34. The van der Waals surface area contributed by atoms with Crippen LogP contribution in [0.2, 0.25) is 5.02 Å². The molecule has 136 valence electrons. The van der Waals surface area contributed by atoms with Gasteiger partial charge in [-0.3, -0.25) is 4.68 Å². The first kappa shape index (κ1) is 17.2. The van der Waals surface area contributed by atoms with Gasteiger partial charge in [-0.25, -0.2) is 9.37 Å². The van der Waals surface area contributed by atoms with Gasteiger partial charge >= 0.3 is 0 Å². The van der Waals surface area contributed by atoms with Gasteiger partial charge in [0.15, 0.2) is 5.65 Å². The number of nitrogens with zero attached hydrogens (tertiary/aromatic N) is 4. The number of aromatic nitrogens is 4. The molecule has 0 radical (unpaired) electrons. The number of anilines is 2. The largest absolute Gasteiger partial charge is 0.383 e. The molecule has 0 saturated carbocycles. The lowest BCUT2D eigenvalue weighted by Crippen LogP contribution is -2.05. The Morgan fingerprint density at radius 2 is 1.96 bits per heavy atom. The molecule has 27 heavy (non-hydrogen) atoms. The summed E-state index contributed by atoms with van der Waals surface area (Å²) in [5.74, 6) is 0.524. The molecule has 0 amide bonds. The van der Waals surface area contributed by atoms with Crippen molar-refractivity contribution in [3.63, 3.8) is 0 Å². The highest BCUT2D eigenvalue weighted by molar-refractivity contribution is 6.33. The van der Waals surface area contributed by atoms with E-state index in [9.17, 15) is 4.39 Å². The fourth-order valence-electron chi connectivity index (χ4n) is 2.87. The third kappa shape index (κ3) is 3.29. The van der Waals surface area contributed by atoms with Crippen LogP contribution in [0.5, 0.6) is 0 Å². The summed E-state index contributed by atoms with van der Waals surface area (Å²) in [6, 6.07) is 13.7. The van der Waals surface area contributed by atoms with Crippen LogP contribution in [0, 0.1) is 5.82 Å². The number of hydrogen-bond donors (Lipinski definition) is 2. The summed E-state index contributed by atoms with van der Waals surface area (Å²) in [5.41, 5.74) is 8.74. The summed E-state index contributed by atoms with van der Waals surface area (Å²) in [4.78, 5) is 9.05. The zero-order valence-corrected chi connectivity index (χ0v) is 15.2. The second kappa shape index (κ2) is 6.85. The maximum Gasteiger partial charge on any atom is 0.225 e. The monoisotopic (exact) mass is 382 g/mol. The van der Waals surface area contributed by atoms with Gasteiger partial charge < -0.3 is 11.1 Å². The van der Waals surface area contributed by atoms with Crippen LogP contribution < -0.4 is 11.1 Å². The van der Waals surface area contributed by atoms with Crippen LogP contribution in [0.25, 0.3) is 22.3 Å². The number of hydrogen-bond acceptors (Lipinski definition) is 5. The van der Waals surface area contributed by atoms with E-state index in [1.54, 1.807) is 23.9 Å². The van der Waals surface area contributed by atoms with Gasteiger partial charge in [-0.1, -0.05) is 41.9 Å². The van der Waals surface area contributed by atoms with E-state index in [1.165, 1.54) is 12.1 Å². The molecule has 0 saturated heterocycles. The van der Waals surface area contributed by atoms with Crippen LogP contribution in [0.4, 0.5) is 16.2 Å². The van der Waals surface area contributed by atoms with E-state index in [-0.39, 0.29) is 5.82 Å². The van der Waals surface area contributed by atoms with Gasteiger partial charge in [-0.15, -0.1) is 0 Å². The molecule has 3 N–H and O–H groups in total. The van der Waals surface area contributed by atoms with Gasteiger partial charge in [0.05, 0.1) is 11.1 Å². The van der Waals surface area contributed by atoms with Crippen molar-refractivity contribution in [2.75, 3.05) is 11.1 Å². The number of nitrogens with one attached hydrogen (secondary N) is 1. The van der Waals surface area contributed by atoms with Crippen LogP contribution in [-0.2, 0) is 13.6 Å². The zero-order chi connectivity index (χ0) is 19.0. The van der Waals surface area contributed by atoms with Crippen molar-refractivity contribution in [1.29, 1.82) is 0 Å². The number of nitrogen functional groups attached to an aromatic ring is 1.